The molecule has 1 saturated heterocycles. The summed E-state index contributed by atoms with van der Waals surface area (Å²) in [5.74, 6) is 1.56. The lowest BCUT2D eigenvalue weighted by Gasteiger charge is -2.35. The smallest absolute Gasteiger partial charge is 0.324 e. The van der Waals surface area contributed by atoms with Crippen molar-refractivity contribution in [1.29, 1.82) is 5.26 Å². The second kappa shape index (κ2) is 10.7. The fourth-order valence-corrected chi connectivity index (χ4v) is 4.27. The molecule has 2 amide bonds. The molecule has 0 bridgehead atoms. The number of nitriles is 1. The van der Waals surface area contributed by atoms with Crippen molar-refractivity contribution in [2.75, 3.05) is 46.6 Å². The number of piperazine rings is 1. The average Bonchev–Trinajstić information content (AvgIpc) is 3.41. The molecule has 3 aromatic heterocycles. The maximum Gasteiger partial charge on any atom is 0.324 e. The lowest BCUT2D eigenvalue weighted by Crippen LogP contribution is -2.47. The van der Waals surface area contributed by atoms with Crippen LogP contribution in [0.2, 0.25) is 0 Å². The topological polar surface area (TPSA) is 141 Å². The minimum atomic E-state index is -0.514. The first-order valence-electron chi connectivity index (χ1n) is 12.6. The van der Waals surface area contributed by atoms with Crippen molar-refractivity contribution in [3.05, 3.63) is 72.3 Å². The molecule has 39 heavy (non-hydrogen) atoms. The molecule has 0 saturated carbocycles. The maximum atomic E-state index is 12.6. The van der Waals surface area contributed by atoms with E-state index in [0.717, 1.165) is 5.69 Å². The normalized spacial score (nSPS) is 13.6. The second-order valence-electron chi connectivity index (χ2n) is 10.2. The number of nitrogens with zero attached hydrogens (tertiary/aromatic N) is 9. The Morgan fingerprint density at radius 3 is 2.33 bits per heavy atom. The molecule has 0 unspecified atom stereocenters. The molecule has 0 aliphatic carbocycles. The molecule has 2 N–H and O–H groups in total. The number of pyridine rings is 1. The minimum Gasteiger partial charge on any atom is -0.352 e. The van der Waals surface area contributed by atoms with E-state index in [9.17, 15) is 10.1 Å². The fourth-order valence-electron chi connectivity index (χ4n) is 4.27. The number of urea groups is 1. The van der Waals surface area contributed by atoms with Gasteiger partial charge in [0.15, 0.2) is 5.82 Å². The van der Waals surface area contributed by atoms with E-state index in [-0.39, 0.29) is 11.2 Å². The molecule has 0 atom stereocenters. The van der Waals surface area contributed by atoms with E-state index in [1.165, 1.54) is 11.8 Å². The van der Waals surface area contributed by atoms with Gasteiger partial charge in [-0.15, -0.1) is 5.10 Å². The molecular formula is C27H29N11O. The molecule has 12 nitrogen and oxygen atoms in total. The van der Waals surface area contributed by atoms with Crippen LogP contribution in [0.3, 0.4) is 0 Å². The van der Waals surface area contributed by atoms with Crippen LogP contribution < -0.4 is 20.4 Å². The summed E-state index contributed by atoms with van der Waals surface area (Å²) in [7, 11) is 0. The number of carbonyl (C=O) groups excluding carboxylic acids is 1. The summed E-state index contributed by atoms with van der Waals surface area (Å²) in [5.41, 5.74) is 2.87. The highest BCUT2D eigenvalue weighted by molar-refractivity contribution is 5.99. The van der Waals surface area contributed by atoms with Gasteiger partial charge in [-0.05, 0) is 35.2 Å². The predicted molar refractivity (Wildman–Crippen MR) is 148 cm³/mol. The summed E-state index contributed by atoms with van der Waals surface area (Å²) in [5, 5.41) is 23.3. The molecule has 1 aliphatic heterocycles. The zero-order valence-electron chi connectivity index (χ0n) is 22.0. The van der Waals surface area contributed by atoms with E-state index in [2.05, 4.69) is 79.8 Å². The Morgan fingerprint density at radius 2 is 1.67 bits per heavy atom. The Balaban J connectivity index is 1.19. The van der Waals surface area contributed by atoms with E-state index in [0.29, 0.717) is 49.2 Å². The number of anilines is 4. The molecule has 4 heterocycles. The van der Waals surface area contributed by atoms with Crippen LogP contribution >= 0.6 is 0 Å². The summed E-state index contributed by atoms with van der Waals surface area (Å²) in [4.78, 5) is 29.8. The first-order valence-corrected chi connectivity index (χ1v) is 12.6. The summed E-state index contributed by atoms with van der Waals surface area (Å²) in [6.45, 7) is 9.22. The van der Waals surface area contributed by atoms with Crippen LogP contribution in [0, 0.1) is 11.3 Å². The third-order valence-corrected chi connectivity index (χ3v) is 6.39. The number of benzene rings is 1. The first kappa shape index (κ1) is 25.6. The maximum absolute atomic E-state index is 12.6. The van der Waals surface area contributed by atoms with Crippen LogP contribution in [0.25, 0.3) is 5.69 Å². The van der Waals surface area contributed by atoms with Crippen molar-refractivity contribution in [2.24, 2.45) is 0 Å². The number of amides is 2. The third-order valence-electron chi connectivity index (χ3n) is 6.39. The molecular weight excluding hydrogens is 494 g/mol. The summed E-state index contributed by atoms with van der Waals surface area (Å²) >= 11 is 0. The predicted octanol–water partition coefficient (Wildman–Crippen LogP) is 3.59. The van der Waals surface area contributed by atoms with Crippen LogP contribution in [-0.4, -0.2) is 62.2 Å². The monoisotopic (exact) mass is 523 g/mol. The lowest BCUT2D eigenvalue weighted by atomic mass is 9.87. The van der Waals surface area contributed by atoms with Crippen LogP contribution in [0.5, 0.6) is 0 Å². The summed E-state index contributed by atoms with van der Waals surface area (Å²) in [6, 6.07) is 13.1. The van der Waals surface area contributed by atoms with Crippen LogP contribution in [0.4, 0.5) is 28.1 Å². The lowest BCUT2D eigenvalue weighted by molar-refractivity contribution is 0.262. The van der Waals surface area contributed by atoms with Gasteiger partial charge in [-0.2, -0.15) is 5.26 Å². The molecule has 198 valence electrons. The number of aromatic nitrogens is 6. The van der Waals surface area contributed by atoms with Crippen LogP contribution in [0.15, 0.2) is 61.2 Å². The van der Waals surface area contributed by atoms with Gasteiger partial charge in [-0.1, -0.05) is 38.1 Å². The zero-order valence-corrected chi connectivity index (χ0v) is 22.0. The van der Waals surface area contributed by atoms with Crippen molar-refractivity contribution in [1.82, 2.24) is 29.9 Å². The minimum absolute atomic E-state index is 0.0525. The Kier molecular flexibility index (Phi) is 7.05. The van der Waals surface area contributed by atoms with Crippen LogP contribution in [0.1, 0.15) is 31.9 Å². The van der Waals surface area contributed by atoms with Crippen molar-refractivity contribution < 1.29 is 4.79 Å². The highest BCUT2D eigenvalue weighted by Crippen LogP contribution is 2.24. The third kappa shape index (κ3) is 5.93. The molecule has 1 aliphatic rings. The van der Waals surface area contributed by atoms with Gasteiger partial charge >= 0.3 is 6.03 Å². The number of hydrogen-bond donors (Lipinski definition) is 2. The van der Waals surface area contributed by atoms with Gasteiger partial charge in [0, 0.05) is 38.6 Å². The molecule has 0 radical (unpaired) electrons. The van der Waals surface area contributed by atoms with Crippen LogP contribution in [-0.2, 0) is 5.41 Å². The van der Waals surface area contributed by atoms with Gasteiger partial charge in [-0.3, -0.25) is 5.32 Å². The largest absolute Gasteiger partial charge is 0.352 e. The van der Waals surface area contributed by atoms with Gasteiger partial charge < -0.3 is 15.1 Å². The van der Waals surface area contributed by atoms with Crippen molar-refractivity contribution in [3.8, 4) is 11.8 Å². The Bertz CT molecular complexity index is 1480. The van der Waals surface area contributed by atoms with E-state index in [4.69, 9.17) is 0 Å². The molecule has 12 heteroatoms. The molecule has 1 aromatic carbocycles. The Labute approximate surface area is 226 Å². The number of rotatable bonds is 5. The second-order valence-corrected chi connectivity index (χ2v) is 10.2. The zero-order chi connectivity index (χ0) is 27.4. The molecule has 0 spiro atoms. The number of nitrogens with one attached hydrogen (secondary N) is 2. The summed E-state index contributed by atoms with van der Waals surface area (Å²) < 4.78 is 1.59. The highest BCUT2D eigenvalue weighted by Gasteiger charge is 2.22. The highest BCUT2D eigenvalue weighted by atomic mass is 16.2. The van der Waals surface area contributed by atoms with E-state index >= 15 is 0 Å². The summed E-state index contributed by atoms with van der Waals surface area (Å²) in [6.07, 6.45) is 6.61. The average molecular weight is 524 g/mol. The van der Waals surface area contributed by atoms with Gasteiger partial charge in [0.2, 0.25) is 5.95 Å². The van der Waals surface area contributed by atoms with Crippen molar-refractivity contribution in [2.45, 2.75) is 26.2 Å². The SMILES string of the molecule is CC(C)(C)c1ccc(-n2cc(NC(=O)Nc3cnc(N4CCN(c5ncccn5)CC4)c(C#N)c3)nn2)cc1. The van der Waals surface area contributed by atoms with E-state index in [1.807, 2.05) is 17.0 Å². The Morgan fingerprint density at radius 1 is 0.974 bits per heavy atom. The quantitative estimate of drug-likeness (QED) is 0.401. The molecule has 1 fully saturated rings. The van der Waals surface area contributed by atoms with Crippen molar-refractivity contribution >= 4 is 29.3 Å². The van der Waals surface area contributed by atoms with Gasteiger partial charge in [-0.25, -0.2) is 24.4 Å². The number of carbonyl (C=O) groups is 1. The molecule has 5 rings (SSSR count). The number of hydrogen-bond acceptors (Lipinski definition) is 9. The Hall–Kier alpha value is -5.05. The van der Waals surface area contributed by atoms with Gasteiger partial charge in [0.1, 0.15) is 11.9 Å². The van der Waals surface area contributed by atoms with Gasteiger partial charge in [0.05, 0.1) is 29.3 Å². The standard InChI is InChI=1S/C27H29N11O/c1-27(2,3)20-5-7-22(8-6-20)38-18-23(34-35-38)33-26(39)32-21-15-19(16-28)24(31-17-21)36-11-13-37(14-12-36)25-29-9-4-10-30-25/h4-10,15,17-18H,11-14H2,1-3H3,(H2,32,33,39). The van der Waals surface area contributed by atoms with E-state index < -0.39 is 6.03 Å². The van der Waals surface area contributed by atoms with Crippen molar-refractivity contribution in [3.63, 3.8) is 0 Å². The fraction of sp³-hybridized carbons (Fsp3) is 0.296. The van der Waals surface area contributed by atoms with Gasteiger partial charge in [0.25, 0.3) is 0 Å². The first-order chi connectivity index (χ1) is 18.8. The molecule has 4 aromatic rings. The van der Waals surface area contributed by atoms with E-state index in [1.54, 1.807) is 35.4 Å².